The van der Waals surface area contributed by atoms with Crippen molar-refractivity contribution in [2.45, 2.75) is 69.4 Å². The van der Waals surface area contributed by atoms with Gasteiger partial charge in [0.2, 0.25) is 11.8 Å². The number of rotatable bonds is 14. The van der Waals surface area contributed by atoms with Gasteiger partial charge >= 0.3 is 0 Å². The molecule has 2 aliphatic rings. The minimum absolute atomic E-state index is 0.202. The van der Waals surface area contributed by atoms with E-state index in [0.29, 0.717) is 37.7 Å². The Hall–Kier alpha value is -5.40. The third-order valence-corrected chi connectivity index (χ3v) is 10.4. The number of fused-ring (bicyclic) bond motifs is 1. The molecule has 1 heterocycles. The molecule has 7 rings (SSSR count). The van der Waals surface area contributed by atoms with Crippen molar-refractivity contribution >= 4 is 11.8 Å². The van der Waals surface area contributed by atoms with Crippen LogP contribution >= 0.6 is 0 Å². The molecule has 5 aromatic carbocycles. The number of hydrogen-bond donors (Lipinski definition) is 3. The summed E-state index contributed by atoms with van der Waals surface area (Å²) in [6.45, 7) is 2.86. The number of unbranched alkanes of at least 4 members (excludes halogenated alkanes) is 1. The van der Waals surface area contributed by atoms with Gasteiger partial charge in [0, 0.05) is 18.9 Å². The number of nitrogens with one attached hydrogen (secondary N) is 2. The molecule has 1 saturated heterocycles. The van der Waals surface area contributed by atoms with Crippen molar-refractivity contribution in [1.29, 1.82) is 0 Å². The molecule has 3 atom stereocenters. The molecule has 1 fully saturated rings. The SMILES string of the molecule is O=C1CCC(c2ccc(OCc3ccc(CNCCCCOc4ccc([C@H]5c6ccc(O)cc6CC[C@H]5c5ccccc5)cc4)cc3)cc2)C(=O)N1. The average molecular weight is 695 g/mol. The molecule has 7 heteroatoms. The van der Waals surface area contributed by atoms with Crippen LogP contribution in [0.15, 0.2) is 121 Å². The fourth-order valence-corrected chi connectivity index (χ4v) is 7.55. The van der Waals surface area contributed by atoms with Crippen LogP contribution in [0.2, 0.25) is 0 Å². The topological polar surface area (TPSA) is 96.9 Å². The van der Waals surface area contributed by atoms with Gasteiger partial charge in [-0.05, 0) is 120 Å². The highest BCUT2D eigenvalue weighted by molar-refractivity contribution is 6.00. The first kappa shape index (κ1) is 35.0. The van der Waals surface area contributed by atoms with Gasteiger partial charge in [0.15, 0.2) is 0 Å². The van der Waals surface area contributed by atoms with Gasteiger partial charge in [-0.2, -0.15) is 0 Å². The van der Waals surface area contributed by atoms with E-state index in [0.717, 1.165) is 61.4 Å². The molecule has 5 aromatic rings. The van der Waals surface area contributed by atoms with E-state index >= 15 is 0 Å². The van der Waals surface area contributed by atoms with Crippen molar-refractivity contribution in [3.63, 3.8) is 0 Å². The van der Waals surface area contributed by atoms with Gasteiger partial charge in [0.05, 0.1) is 12.5 Å². The number of carbonyl (C=O) groups is 2. The number of carbonyl (C=O) groups excluding carboxylic acids is 2. The molecule has 2 amide bonds. The summed E-state index contributed by atoms with van der Waals surface area (Å²) in [6.07, 6.45) is 4.91. The molecule has 3 N–H and O–H groups in total. The summed E-state index contributed by atoms with van der Waals surface area (Å²) in [5.74, 6) is 1.87. The molecule has 1 aliphatic heterocycles. The maximum atomic E-state index is 12.1. The monoisotopic (exact) mass is 694 g/mol. The van der Waals surface area contributed by atoms with E-state index < -0.39 is 0 Å². The Kier molecular flexibility index (Phi) is 11.3. The normalized spacial score (nSPS) is 18.3. The van der Waals surface area contributed by atoms with E-state index in [1.165, 1.54) is 27.8 Å². The molecular formula is C45H46N2O5. The maximum Gasteiger partial charge on any atom is 0.234 e. The minimum Gasteiger partial charge on any atom is -0.508 e. The summed E-state index contributed by atoms with van der Waals surface area (Å²) in [5, 5.41) is 16.1. The van der Waals surface area contributed by atoms with Crippen LogP contribution in [0.3, 0.4) is 0 Å². The van der Waals surface area contributed by atoms with Gasteiger partial charge in [0.25, 0.3) is 0 Å². The molecule has 0 saturated carbocycles. The van der Waals surface area contributed by atoms with Crippen LogP contribution in [0.5, 0.6) is 17.2 Å². The van der Waals surface area contributed by atoms with Crippen LogP contribution in [-0.2, 0) is 29.2 Å². The molecule has 266 valence electrons. The first-order chi connectivity index (χ1) is 25.5. The third kappa shape index (κ3) is 8.72. The number of ether oxygens (including phenoxy) is 2. The molecule has 0 radical (unpaired) electrons. The standard InChI is InChI=1S/C45H46N2O5/c48-37-17-23-41-36(28-37)16-22-40(33-6-2-1-3-7-33)44(41)35-14-20-38(21-15-35)51-27-5-4-26-46-29-31-8-10-32(11-9-31)30-52-39-18-12-34(13-19-39)42-24-25-43(49)47-45(42)50/h1-3,6-15,17-21,23,28,40,42,44,46,48H,4-5,16,22,24-27,29-30H2,(H,47,49,50)/t40-,42?,44+/m0/s1. The van der Waals surface area contributed by atoms with E-state index in [9.17, 15) is 14.7 Å². The van der Waals surface area contributed by atoms with Gasteiger partial charge in [-0.3, -0.25) is 14.9 Å². The van der Waals surface area contributed by atoms with E-state index in [1.54, 1.807) is 0 Å². The highest BCUT2D eigenvalue weighted by Crippen LogP contribution is 2.47. The third-order valence-electron chi connectivity index (χ3n) is 10.4. The van der Waals surface area contributed by atoms with Crippen LogP contribution in [0.25, 0.3) is 0 Å². The van der Waals surface area contributed by atoms with E-state index in [2.05, 4.69) is 95.6 Å². The molecule has 7 nitrogen and oxygen atoms in total. The second-order valence-electron chi connectivity index (χ2n) is 13.9. The fourth-order valence-electron chi connectivity index (χ4n) is 7.55. The largest absolute Gasteiger partial charge is 0.508 e. The lowest BCUT2D eigenvalue weighted by Gasteiger charge is -2.34. The second-order valence-corrected chi connectivity index (χ2v) is 13.9. The summed E-state index contributed by atoms with van der Waals surface area (Å²) in [7, 11) is 0. The zero-order valence-electron chi connectivity index (χ0n) is 29.4. The lowest BCUT2D eigenvalue weighted by atomic mass is 9.69. The van der Waals surface area contributed by atoms with Crippen LogP contribution in [-0.4, -0.2) is 30.1 Å². The van der Waals surface area contributed by atoms with Gasteiger partial charge in [-0.15, -0.1) is 0 Å². The van der Waals surface area contributed by atoms with Crippen LogP contribution in [0, 0.1) is 0 Å². The average Bonchev–Trinajstić information content (AvgIpc) is 3.17. The number of phenols is 1. The Morgan fingerprint density at radius 1 is 0.692 bits per heavy atom. The Morgan fingerprint density at radius 3 is 2.15 bits per heavy atom. The fraction of sp³-hybridized carbons (Fsp3) is 0.289. The number of imide groups is 1. The van der Waals surface area contributed by atoms with Gasteiger partial charge in [-0.1, -0.05) is 84.9 Å². The Balaban J connectivity index is 0.815. The number of aryl methyl sites for hydroxylation is 1. The predicted octanol–water partition coefficient (Wildman–Crippen LogP) is 8.30. The number of amides is 2. The summed E-state index contributed by atoms with van der Waals surface area (Å²) in [4.78, 5) is 23.6. The van der Waals surface area contributed by atoms with Crippen molar-refractivity contribution in [2.24, 2.45) is 0 Å². The molecule has 1 aliphatic carbocycles. The molecule has 0 aromatic heterocycles. The van der Waals surface area contributed by atoms with Crippen molar-refractivity contribution in [1.82, 2.24) is 10.6 Å². The van der Waals surface area contributed by atoms with E-state index in [1.807, 2.05) is 36.4 Å². The van der Waals surface area contributed by atoms with Gasteiger partial charge < -0.3 is 19.9 Å². The number of phenolic OH excluding ortho intramolecular Hbond substituents is 1. The minimum atomic E-state index is -0.288. The number of aromatic hydroxyl groups is 1. The summed E-state index contributed by atoms with van der Waals surface area (Å²) in [6, 6.07) is 41.2. The first-order valence-electron chi connectivity index (χ1n) is 18.4. The smallest absolute Gasteiger partial charge is 0.234 e. The van der Waals surface area contributed by atoms with Gasteiger partial charge in [0.1, 0.15) is 23.9 Å². The van der Waals surface area contributed by atoms with Gasteiger partial charge in [-0.25, -0.2) is 0 Å². The Labute approximate surface area is 306 Å². The second kappa shape index (κ2) is 16.7. The first-order valence-corrected chi connectivity index (χ1v) is 18.4. The van der Waals surface area contributed by atoms with Crippen molar-refractivity contribution in [3.05, 3.63) is 160 Å². The summed E-state index contributed by atoms with van der Waals surface area (Å²) < 4.78 is 12.1. The Morgan fingerprint density at radius 2 is 1.40 bits per heavy atom. The highest BCUT2D eigenvalue weighted by atomic mass is 16.5. The molecular weight excluding hydrogens is 649 g/mol. The highest BCUT2D eigenvalue weighted by Gasteiger charge is 2.32. The molecule has 0 spiro atoms. The van der Waals surface area contributed by atoms with Crippen molar-refractivity contribution < 1.29 is 24.2 Å². The Bertz CT molecular complexity index is 1940. The van der Waals surface area contributed by atoms with Crippen LogP contribution in [0.1, 0.15) is 88.8 Å². The lowest BCUT2D eigenvalue weighted by molar-refractivity contribution is -0.134. The zero-order valence-corrected chi connectivity index (χ0v) is 29.4. The quantitative estimate of drug-likeness (QED) is 0.0800. The number of benzene rings is 5. The zero-order chi connectivity index (χ0) is 35.7. The number of hydrogen-bond acceptors (Lipinski definition) is 6. The summed E-state index contributed by atoms with van der Waals surface area (Å²) >= 11 is 0. The molecule has 52 heavy (non-hydrogen) atoms. The predicted molar refractivity (Wildman–Crippen MR) is 203 cm³/mol. The van der Waals surface area contributed by atoms with Crippen molar-refractivity contribution in [3.8, 4) is 17.2 Å². The van der Waals surface area contributed by atoms with Crippen LogP contribution in [0.4, 0.5) is 0 Å². The lowest BCUT2D eigenvalue weighted by Crippen LogP contribution is -2.39. The van der Waals surface area contributed by atoms with Crippen molar-refractivity contribution in [2.75, 3.05) is 13.2 Å². The maximum absolute atomic E-state index is 12.1. The van der Waals surface area contributed by atoms with E-state index in [4.69, 9.17) is 9.47 Å². The number of piperidine rings is 1. The molecule has 1 unspecified atom stereocenters. The van der Waals surface area contributed by atoms with Crippen LogP contribution < -0.4 is 20.1 Å². The molecule has 0 bridgehead atoms. The van der Waals surface area contributed by atoms with E-state index in [-0.39, 0.29) is 23.7 Å². The summed E-state index contributed by atoms with van der Waals surface area (Å²) in [5.41, 5.74) is 8.38.